The second-order valence-electron chi connectivity index (χ2n) is 12.8. The van der Waals surface area contributed by atoms with Gasteiger partial charge >= 0.3 is 0 Å². The van der Waals surface area contributed by atoms with Crippen molar-refractivity contribution in [3.05, 3.63) is 59.2 Å². The number of hydrogen-bond acceptors (Lipinski definition) is 7. The lowest BCUT2D eigenvalue weighted by atomic mass is 9.88. The summed E-state index contributed by atoms with van der Waals surface area (Å²) >= 11 is 6.12. The summed E-state index contributed by atoms with van der Waals surface area (Å²) in [6, 6.07) is 11.0. The molecule has 1 aromatic carbocycles. The number of halogens is 1. The van der Waals surface area contributed by atoms with E-state index in [2.05, 4.69) is 58.6 Å². The molecule has 5 rings (SSSR count). The van der Waals surface area contributed by atoms with Gasteiger partial charge in [-0.2, -0.15) is 0 Å². The third-order valence-corrected chi connectivity index (χ3v) is 11.1. The first-order chi connectivity index (χ1) is 19.6. The number of aromatic nitrogens is 3. The van der Waals surface area contributed by atoms with Gasteiger partial charge in [0.2, 0.25) is 5.88 Å². The van der Waals surface area contributed by atoms with Gasteiger partial charge in [-0.1, -0.05) is 44.5 Å². The number of pyridine rings is 1. The normalized spacial score (nSPS) is 19.5. The van der Waals surface area contributed by atoms with Crippen molar-refractivity contribution in [2.24, 2.45) is 11.3 Å². The fourth-order valence-corrected chi connectivity index (χ4v) is 7.95. The predicted octanol–water partition coefficient (Wildman–Crippen LogP) is 5.87. The maximum Gasteiger partial charge on any atom is 0.268 e. The molecule has 9 nitrogen and oxygen atoms in total. The molecular formula is C30H39ClN5O4PS. The van der Waals surface area contributed by atoms with Crippen LogP contribution in [0.15, 0.2) is 53.6 Å². The highest BCUT2D eigenvalue weighted by molar-refractivity contribution is 7.90. The summed E-state index contributed by atoms with van der Waals surface area (Å²) in [7, 11) is -1.24. The molecule has 1 amide bonds. The number of carbonyl (C=O) groups is 1. The maximum absolute atomic E-state index is 13.5. The van der Waals surface area contributed by atoms with Gasteiger partial charge in [-0.15, -0.1) is 14.3 Å². The van der Waals surface area contributed by atoms with E-state index in [0.717, 1.165) is 12.8 Å². The summed E-state index contributed by atoms with van der Waals surface area (Å²) in [6.45, 7) is 12.1. The molecule has 1 unspecified atom stereocenters. The van der Waals surface area contributed by atoms with E-state index in [1.165, 1.54) is 25.0 Å². The summed E-state index contributed by atoms with van der Waals surface area (Å²) in [5, 5.41) is 4.78. The van der Waals surface area contributed by atoms with Gasteiger partial charge in [0.15, 0.2) is 5.82 Å². The van der Waals surface area contributed by atoms with Crippen LogP contribution in [0.4, 0.5) is 5.82 Å². The largest absolute Gasteiger partial charge is 0.477 e. The zero-order valence-corrected chi connectivity index (χ0v) is 27.5. The van der Waals surface area contributed by atoms with Crippen molar-refractivity contribution < 1.29 is 17.9 Å². The van der Waals surface area contributed by atoms with Gasteiger partial charge in [-0.3, -0.25) is 4.79 Å². The predicted molar refractivity (Wildman–Crippen MR) is 168 cm³/mol. The summed E-state index contributed by atoms with van der Waals surface area (Å²) in [5.74, 6) is 0.961. The average molecular weight is 632 g/mol. The molecule has 2 fully saturated rings. The zero-order valence-electron chi connectivity index (χ0n) is 24.7. The summed E-state index contributed by atoms with van der Waals surface area (Å²) in [6.07, 6.45) is 6.04. The quantitative estimate of drug-likeness (QED) is 0.279. The number of hydrogen-bond donors (Lipinski definition) is 1. The summed E-state index contributed by atoms with van der Waals surface area (Å²) in [5.41, 5.74) is 0.144. The number of nitrogens with zero attached hydrogens (tertiary/aromatic N) is 4. The van der Waals surface area contributed by atoms with Gasteiger partial charge in [0.05, 0.1) is 17.2 Å². The third kappa shape index (κ3) is 6.17. The Morgan fingerprint density at radius 3 is 2.52 bits per heavy atom. The molecule has 2 aliphatic rings. The van der Waals surface area contributed by atoms with Crippen LogP contribution in [-0.4, -0.2) is 52.9 Å². The van der Waals surface area contributed by atoms with Crippen LogP contribution in [-0.2, 0) is 10.0 Å². The highest BCUT2D eigenvalue weighted by atomic mass is 35.5. The summed E-state index contributed by atoms with van der Waals surface area (Å²) in [4.78, 5) is 20.3. The Labute approximate surface area is 255 Å². The van der Waals surface area contributed by atoms with E-state index in [9.17, 15) is 13.2 Å². The number of anilines is 1. The van der Waals surface area contributed by atoms with Crippen molar-refractivity contribution in [2.75, 3.05) is 18.1 Å². The van der Waals surface area contributed by atoms with E-state index in [1.807, 2.05) is 0 Å². The molecule has 226 valence electrons. The number of rotatable bonds is 10. The van der Waals surface area contributed by atoms with Gasteiger partial charge in [0.25, 0.3) is 15.9 Å². The zero-order chi connectivity index (χ0) is 30.5. The molecule has 0 radical (unpaired) electrons. The van der Waals surface area contributed by atoms with Crippen LogP contribution in [0.2, 0.25) is 5.02 Å². The van der Waals surface area contributed by atoms with Gasteiger partial charge < -0.3 is 9.64 Å². The molecule has 1 saturated heterocycles. The first-order valence-corrected chi connectivity index (χ1v) is 16.6. The highest BCUT2D eigenvalue weighted by Crippen LogP contribution is 2.60. The molecule has 3 aromatic rings. The van der Waals surface area contributed by atoms with Crippen molar-refractivity contribution in [3.8, 4) is 11.7 Å². The Morgan fingerprint density at radius 1 is 1.19 bits per heavy atom. The van der Waals surface area contributed by atoms with Crippen LogP contribution in [0.5, 0.6) is 5.88 Å². The van der Waals surface area contributed by atoms with E-state index < -0.39 is 15.9 Å². The molecular weight excluding hydrogens is 593 g/mol. The Morgan fingerprint density at radius 2 is 1.90 bits per heavy atom. The fraction of sp³-hybridized carbons (Fsp3) is 0.500. The Bertz CT molecular complexity index is 1600. The number of amides is 1. The van der Waals surface area contributed by atoms with Gasteiger partial charge in [-0.25, -0.2) is 22.8 Å². The monoisotopic (exact) mass is 631 g/mol. The van der Waals surface area contributed by atoms with Crippen LogP contribution in [0, 0.1) is 11.3 Å². The van der Waals surface area contributed by atoms with Crippen LogP contribution in [0.3, 0.4) is 0 Å². The molecule has 2 atom stereocenters. The van der Waals surface area contributed by atoms with E-state index in [4.69, 9.17) is 21.3 Å². The van der Waals surface area contributed by atoms with E-state index >= 15 is 0 Å². The van der Waals surface area contributed by atoms with Crippen LogP contribution < -0.4 is 14.4 Å². The standard InChI is InChI=1S/C30H39ClN5O4PS/c1-20-18-28(2,3)35(19-20)26-21(27(37)34-42(38,39)23-9-7-6-8-22(23)31)10-11-24(32-26)36-16-12-25(33-36)40-17-15-30(13-14-30)29(4,5)41/h6-12,16,20H,13-15,17-19,41H2,1-5H3,(H,34,37)/t20-/m0/s1. The average Bonchev–Trinajstić information content (AvgIpc) is 3.46. The molecule has 1 aliphatic heterocycles. The van der Waals surface area contributed by atoms with Gasteiger partial charge in [-0.05, 0) is 80.3 Å². The SMILES string of the molecule is C[C@@H]1CN(c2nc(-n3ccc(OCCC4(C(C)(C)P)CC4)n3)ccc2C(=O)NS(=O)(=O)c2ccccc2Cl)C(C)(C)C1. The van der Waals surface area contributed by atoms with Crippen molar-refractivity contribution >= 4 is 42.6 Å². The number of ether oxygens (including phenoxy) is 1. The Balaban J connectivity index is 1.41. The molecule has 1 N–H and O–H groups in total. The van der Waals surface area contributed by atoms with Crippen molar-refractivity contribution in [1.82, 2.24) is 19.5 Å². The first kappa shape index (κ1) is 30.8. The second-order valence-corrected chi connectivity index (χ2v) is 16.3. The van der Waals surface area contributed by atoms with Crippen molar-refractivity contribution in [1.29, 1.82) is 0 Å². The molecule has 0 bridgehead atoms. The Hall–Kier alpha value is -2.68. The van der Waals surface area contributed by atoms with E-state index in [1.54, 1.807) is 41.2 Å². The molecule has 0 spiro atoms. The lowest BCUT2D eigenvalue weighted by molar-refractivity contribution is 0.0981. The summed E-state index contributed by atoms with van der Waals surface area (Å²) < 4.78 is 35.9. The molecule has 42 heavy (non-hydrogen) atoms. The van der Waals surface area contributed by atoms with Crippen LogP contribution in [0.25, 0.3) is 5.82 Å². The second kappa shape index (κ2) is 11.1. The first-order valence-electron chi connectivity index (χ1n) is 14.2. The van der Waals surface area contributed by atoms with Gasteiger partial charge in [0, 0.05) is 24.3 Å². The maximum atomic E-state index is 13.5. The van der Waals surface area contributed by atoms with Crippen molar-refractivity contribution in [2.45, 2.75) is 75.9 Å². The number of nitrogens with one attached hydrogen (secondary N) is 1. The molecule has 1 saturated carbocycles. The van der Waals surface area contributed by atoms with Crippen LogP contribution >= 0.6 is 20.8 Å². The number of carbonyl (C=O) groups excluding carboxylic acids is 1. The minimum absolute atomic E-state index is 0.0299. The lowest BCUT2D eigenvalue weighted by Gasteiger charge is -2.34. The Kier molecular flexibility index (Phi) is 8.14. The third-order valence-electron chi connectivity index (χ3n) is 8.64. The topological polar surface area (TPSA) is 106 Å². The number of sulfonamides is 1. The fourth-order valence-electron chi connectivity index (χ4n) is 6.03. The lowest BCUT2D eigenvalue weighted by Crippen LogP contribution is -2.41. The number of benzene rings is 1. The highest BCUT2D eigenvalue weighted by Gasteiger charge is 2.51. The van der Waals surface area contributed by atoms with Crippen LogP contribution in [0.1, 0.15) is 70.7 Å². The molecule has 1 aliphatic carbocycles. The minimum atomic E-state index is -4.21. The smallest absolute Gasteiger partial charge is 0.268 e. The van der Waals surface area contributed by atoms with E-state index in [0.29, 0.717) is 42.0 Å². The molecule has 3 heterocycles. The molecule has 12 heteroatoms. The minimum Gasteiger partial charge on any atom is -0.477 e. The van der Waals surface area contributed by atoms with E-state index in [-0.39, 0.29) is 26.2 Å². The van der Waals surface area contributed by atoms with Crippen molar-refractivity contribution in [3.63, 3.8) is 0 Å². The van der Waals surface area contributed by atoms with Gasteiger partial charge in [0.1, 0.15) is 10.7 Å². The molecule has 2 aromatic heterocycles.